The highest BCUT2D eigenvalue weighted by Crippen LogP contribution is 2.22. The molecule has 0 bridgehead atoms. The smallest absolute Gasteiger partial charge is 0.317 e. The van der Waals surface area contributed by atoms with Crippen molar-refractivity contribution in [2.45, 2.75) is 12.1 Å². The number of nitrogens with one attached hydrogen (secondary N) is 1. The molecule has 2 aromatic rings. The van der Waals surface area contributed by atoms with Crippen LogP contribution in [0.2, 0.25) is 0 Å². The molecule has 8 nitrogen and oxygen atoms in total. The van der Waals surface area contributed by atoms with Crippen LogP contribution >= 0.6 is 0 Å². The number of rotatable bonds is 5. The van der Waals surface area contributed by atoms with Gasteiger partial charge < -0.3 is 20.1 Å². The van der Waals surface area contributed by atoms with Crippen molar-refractivity contribution < 1.29 is 23.1 Å². The molecule has 26 heavy (non-hydrogen) atoms. The molecule has 1 fully saturated rings. The van der Waals surface area contributed by atoms with Gasteiger partial charge >= 0.3 is 6.03 Å². The van der Waals surface area contributed by atoms with E-state index in [0.29, 0.717) is 5.75 Å². The summed E-state index contributed by atoms with van der Waals surface area (Å²) in [6, 6.07) is 8.21. The topological polar surface area (TPSA) is 109 Å². The van der Waals surface area contributed by atoms with Gasteiger partial charge in [0.2, 0.25) is 0 Å². The Labute approximate surface area is 151 Å². The van der Waals surface area contributed by atoms with E-state index in [2.05, 4.69) is 10.3 Å². The number of hydrogen-bond acceptors (Lipinski definition) is 6. The SMILES string of the molecule is CN(C(=O)NCCOc1cccc2cccnc12)[C@@H]1CS(=O)(=O)C[C@H]1O. The fraction of sp³-hybridized carbons (Fsp3) is 0.412. The summed E-state index contributed by atoms with van der Waals surface area (Å²) in [6.45, 7) is 0.475. The summed E-state index contributed by atoms with van der Waals surface area (Å²) in [5.41, 5.74) is 0.748. The van der Waals surface area contributed by atoms with Crippen LogP contribution in [-0.2, 0) is 9.84 Å². The zero-order valence-corrected chi connectivity index (χ0v) is 15.1. The zero-order chi connectivity index (χ0) is 18.7. The number of ether oxygens (including phenoxy) is 1. The Hall–Kier alpha value is -2.39. The van der Waals surface area contributed by atoms with Crippen molar-refractivity contribution >= 4 is 26.8 Å². The number of carbonyl (C=O) groups excluding carboxylic acids is 1. The van der Waals surface area contributed by atoms with Gasteiger partial charge in [-0.15, -0.1) is 0 Å². The van der Waals surface area contributed by atoms with Crippen LogP contribution in [0.5, 0.6) is 5.75 Å². The van der Waals surface area contributed by atoms with Crippen molar-refractivity contribution in [3.8, 4) is 5.75 Å². The first-order valence-corrected chi connectivity index (χ1v) is 10.1. The van der Waals surface area contributed by atoms with Crippen LogP contribution in [0, 0.1) is 0 Å². The number of carbonyl (C=O) groups is 1. The van der Waals surface area contributed by atoms with E-state index in [1.54, 1.807) is 6.20 Å². The number of urea groups is 1. The van der Waals surface area contributed by atoms with E-state index >= 15 is 0 Å². The Morgan fingerprint density at radius 2 is 2.12 bits per heavy atom. The van der Waals surface area contributed by atoms with Gasteiger partial charge in [0.1, 0.15) is 17.9 Å². The van der Waals surface area contributed by atoms with Gasteiger partial charge in [-0.1, -0.05) is 18.2 Å². The second-order valence-electron chi connectivity index (χ2n) is 6.23. The number of likely N-dealkylation sites (N-methyl/N-ethyl adjacent to an activating group) is 1. The van der Waals surface area contributed by atoms with Gasteiger partial charge in [0.05, 0.1) is 30.2 Å². The van der Waals surface area contributed by atoms with Gasteiger partial charge in [-0.2, -0.15) is 0 Å². The third-order valence-electron chi connectivity index (χ3n) is 4.34. The van der Waals surface area contributed by atoms with Crippen LogP contribution in [-0.4, -0.2) is 73.3 Å². The molecule has 1 saturated heterocycles. The van der Waals surface area contributed by atoms with Gasteiger partial charge in [-0.05, 0) is 12.1 Å². The lowest BCUT2D eigenvalue weighted by molar-refractivity contribution is 0.110. The maximum Gasteiger partial charge on any atom is 0.317 e. The quantitative estimate of drug-likeness (QED) is 0.729. The molecular formula is C17H21N3O5S. The summed E-state index contributed by atoms with van der Waals surface area (Å²) in [6.07, 6.45) is 0.626. The molecule has 1 aliphatic heterocycles. The van der Waals surface area contributed by atoms with Crippen LogP contribution in [0.25, 0.3) is 10.9 Å². The van der Waals surface area contributed by atoms with Crippen molar-refractivity contribution in [3.05, 3.63) is 36.5 Å². The first-order chi connectivity index (χ1) is 12.4. The fourth-order valence-corrected chi connectivity index (χ4v) is 4.81. The third kappa shape index (κ3) is 4.05. The molecule has 2 heterocycles. The minimum Gasteiger partial charge on any atom is -0.489 e. The molecule has 0 saturated carbocycles. The molecule has 0 unspecified atom stereocenters. The number of aliphatic hydroxyl groups excluding tert-OH is 1. The van der Waals surface area contributed by atoms with E-state index in [-0.39, 0.29) is 24.7 Å². The first-order valence-electron chi connectivity index (χ1n) is 8.23. The number of aliphatic hydroxyl groups is 1. The molecule has 3 rings (SSSR count). The van der Waals surface area contributed by atoms with E-state index in [1.807, 2.05) is 30.3 Å². The van der Waals surface area contributed by atoms with Gasteiger partial charge in [-0.25, -0.2) is 13.2 Å². The zero-order valence-electron chi connectivity index (χ0n) is 14.3. The van der Waals surface area contributed by atoms with Gasteiger partial charge in [0.25, 0.3) is 0 Å². The number of nitrogens with zero attached hydrogens (tertiary/aromatic N) is 2. The second-order valence-corrected chi connectivity index (χ2v) is 8.39. The van der Waals surface area contributed by atoms with Crippen LogP contribution in [0.4, 0.5) is 4.79 Å². The average Bonchev–Trinajstić information content (AvgIpc) is 2.90. The van der Waals surface area contributed by atoms with E-state index in [4.69, 9.17) is 4.74 Å². The normalized spacial score (nSPS) is 21.5. The number of para-hydroxylation sites is 1. The number of amides is 2. The molecular weight excluding hydrogens is 358 g/mol. The number of benzene rings is 1. The number of aromatic nitrogens is 1. The molecule has 9 heteroatoms. The van der Waals surface area contributed by atoms with E-state index in [9.17, 15) is 18.3 Å². The molecule has 1 aromatic heterocycles. The first kappa shape index (κ1) is 18.4. The van der Waals surface area contributed by atoms with E-state index < -0.39 is 28.0 Å². The lowest BCUT2D eigenvalue weighted by Gasteiger charge is -2.26. The minimum absolute atomic E-state index is 0.226. The molecule has 1 aromatic carbocycles. The highest BCUT2D eigenvalue weighted by atomic mass is 32.2. The predicted octanol–water partition coefficient (Wildman–Crippen LogP) is 0.413. The van der Waals surface area contributed by atoms with Crippen molar-refractivity contribution in [3.63, 3.8) is 0 Å². The van der Waals surface area contributed by atoms with E-state index in [1.165, 1.54) is 11.9 Å². The van der Waals surface area contributed by atoms with Crippen LogP contribution < -0.4 is 10.1 Å². The summed E-state index contributed by atoms with van der Waals surface area (Å²) in [5, 5.41) is 13.5. The average molecular weight is 379 g/mol. The summed E-state index contributed by atoms with van der Waals surface area (Å²) in [4.78, 5) is 17.7. The lowest BCUT2D eigenvalue weighted by atomic mass is 10.2. The number of fused-ring (bicyclic) bond motifs is 1. The molecule has 0 aliphatic carbocycles. The maximum atomic E-state index is 12.2. The molecule has 2 atom stereocenters. The van der Waals surface area contributed by atoms with Crippen LogP contribution in [0.1, 0.15) is 0 Å². The summed E-state index contributed by atoms with van der Waals surface area (Å²) < 4.78 is 28.8. The van der Waals surface area contributed by atoms with Crippen LogP contribution in [0.15, 0.2) is 36.5 Å². The highest BCUT2D eigenvalue weighted by Gasteiger charge is 2.40. The Morgan fingerprint density at radius 1 is 1.35 bits per heavy atom. The molecule has 1 aliphatic rings. The van der Waals surface area contributed by atoms with Gasteiger partial charge in [-0.3, -0.25) is 4.98 Å². The standard InChI is InChI=1S/C17H21N3O5S/c1-20(13-10-26(23,24)11-14(13)21)17(22)19-8-9-25-15-6-2-4-12-5-3-7-18-16(12)15/h2-7,13-14,21H,8-11H2,1H3,(H,19,22)/t13-,14-/m1/s1. The summed E-state index contributed by atoms with van der Waals surface area (Å²) >= 11 is 0. The third-order valence-corrected chi connectivity index (χ3v) is 6.04. The van der Waals surface area contributed by atoms with Gasteiger partial charge in [0.15, 0.2) is 9.84 Å². The van der Waals surface area contributed by atoms with Crippen LogP contribution in [0.3, 0.4) is 0 Å². The van der Waals surface area contributed by atoms with E-state index in [0.717, 1.165) is 10.9 Å². The number of sulfone groups is 1. The molecule has 0 spiro atoms. The van der Waals surface area contributed by atoms with Crippen molar-refractivity contribution in [1.82, 2.24) is 15.2 Å². The fourth-order valence-electron chi connectivity index (χ4n) is 2.97. The van der Waals surface area contributed by atoms with Crippen molar-refractivity contribution in [2.24, 2.45) is 0 Å². The Kier molecular flexibility index (Phi) is 5.28. The Bertz CT molecular complexity index is 897. The summed E-state index contributed by atoms with van der Waals surface area (Å²) in [5.74, 6) is 0.0888. The lowest BCUT2D eigenvalue weighted by Crippen LogP contribution is -2.49. The largest absolute Gasteiger partial charge is 0.489 e. The van der Waals surface area contributed by atoms with Crippen molar-refractivity contribution in [2.75, 3.05) is 31.7 Å². The molecule has 0 radical (unpaired) electrons. The predicted molar refractivity (Wildman–Crippen MR) is 96.8 cm³/mol. The van der Waals surface area contributed by atoms with Gasteiger partial charge in [0, 0.05) is 18.6 Å². The molecule has 2 amide bonds. The Balaban J connectivity index is 1.51. The number of pyridine rings is 1. The maximum absolute atomic E-state index is 12.2. The highest BCUT2D eigenvalue weighted by molar-refractivity contribution is 7.91. The number of hydrogen-bond donors (Lipinski definition) is 2. The molecule has 2 N–H and O–H groups in total. The molecule has 140 valence electrons. The minimum atomic E-state index is -3.31. The second kappa shape index (κ2) is 7.46. The monoisotopic (exact) mass is 379 g/mol. The summed E-state index contributed by atoms with van der Waals surface area (Å²) in [7, 11) is -1.84. The van der Waals surface area contributed by atoms with Crippen molar-refractivity contribution in [1.29, 1.82) is 0 Å². The Morgan fingerprint density at radius 3 is 2.85 bits per heavy atom.